The Balaban J connectivity index is 1.81. The number of aromatic nitrogens is 4. The zero-order chi connectivity index (χ0) is 18.5. The molecule has 0 aliphatic heterocycles. The van der Waals surface area contributed by atoms with E-state index in [9.17, 15) is 9.18 Å². The van der Waals surface area contributed by atoms with E-state index in [0.29, 0.717) is 23.1 Å². The van der Waals surface area contributed by atoms with Crippen molar-refractivity contribution in [3.63, 3.8) is 0 Å². The lowest BCUT2D eigenvalue weighted by Crippen LogP contribution is -2.06. The highest BCUT2D eigenvalue weighted by molar-refractivity contribution is 7.99. The van der Waals surface area contributed by atoms with Crippen molar-refractivity contribution in [2.24, 2.45) is 0 Å². The van der Waals surface area contributed by atoms with E-state index in [1.807, 2.05) is 23.6 Å². The van der Waals surface area contributed by atoms with Crippen LogP contribution in [0.25, 0.3) is 11.4 Å². The topological polar surface area (TPSA) is 60.7 Å². The number of carbonyl (C=O) groups is 1. The first-order valence-corrected chi connectivity index (χ1v) is 8.92. The molecule has 0 spiro atoms. The minimum absolute atomic E-state index is 0.0923. The lowest BCUT2D eigenvalue weighted by molar-refractivity contribution is 0.102. The third-order valence-electron chi connectivity index (χ3n) is 3.58. The van der Waals surface area contributed by atoms with Gasteiger partial charge in [-0.3, -0.25) is 14.3 Å². The molecule has 1 aromatic carbocycles. The Kier molecular flexibility index (Phi) is 5.58. The van der Waals surface area contributed by atoms with Crippen molar-refractivity contribution < 1.29 is 9.18 Å². The first-order chi connectivity index (χ1) is 12.5. The van der Waals surface area contributed by atoms with Gasteiger partial charge in [-0.05, 0) is 43.3 Å². The summed E-state index contributed by atoms with van der Waals surface area (Å²) in [6.45, 7) is 6.43. The van der Waals surface area contributed by atoms with Crippen LogP contribution in [-0.2, 0) is 6.54 Å². The number of benzene rings is 1. The number of hydrogen-bond donors (Lipinski definition) is 0. The molecule has 3 aromatic rings. The molecule has 0 aliphatic rings. The van der Waals surface area contributed by atoms with Crippen LogP contribution in [0.1, 0.15) is 17.3 Å². The average molecular weight is 368 g/mol. The molecule has 2 heterocycles. The van der Waals surface area contributed by atoms with Crippen molar-refractivity contribution in [3.05, 3.63) is 72.3 Å². The minimum atomic E-state index is -0.364. The van der Waals surface area contributed by atoms with E-state index in [4.69, 9.17) is 0 Å². The predicted octanol–water partition coefficient (Wildman–Crippen LogP) is 4.03. The number of ketones is 1. The van der Waals surface area contributed by atoms with Crippen molar-refractivity contribution in [1.82, 2.24) is 19.7 Å². The summed E-state index contributed by atoms with van der Waals surface area (Å²) in [6.07, 6.45) is 3.39. The van der Waals surface area contributed by atoms with E-state index in [1.165, 1.54) is 36.0 Å². The summed E-state index contributed by atoms with van der Waals surface area (Å²) in [5.41, 5.74) is 2.32. The highest BCUT2D eigenvalue weighted by Crippen LogP contribution is 2.25. The van der Waals surface area contributed by atoms with Gasteiger partial charge in [0.2, 0.25) is 0 Å². The van der Waals surface area contributed by atoms with Gasteiger partial charge >= 0.3 is 0 Å². The molecular weight excluding hydrogens is 351 g/mol. The van der Waals surface area contributed by atoms with E-state index in [2.05, 4.69) is 21.8 Å². The van der Waals surface area contributed by atoms with Crippen LogP contribution in [-0.4, -0.2) is 31.3 Å². The monoisotopic (exact) mass is 368 g/mol. The maximum Gasteiger partial charge on any atom is 0.192 e. The Morgan fingerprint density at radius 1 is 1.15 bits per heavy atom. The summed E-state index contributed by atoms with van der Waals surface area (Å²) in [5.74, 6) is 0.436. The lowest BCUT2D eigenvalue weighted by Gasteiger charge is -2.09. The third-order valence-corrected chi connectivity index (χ3v) is 4.55. The van der Waals surface area contributed by atoms with E-state index >= 15 is 0 Å². The van der Waals surface area contributed by atoms with Crippen LogP contribution in [0.3, 0.4) is 0 Å². The molecule has 0 radical (unpaired) electrons. The van der Waals surface area contributed by atoms with Crippen molar-refractivity contribution in [2.45, 2.75) is 18.6 Å². The van der Waals surface area contributed by atoms with Gasteiger partial charge in [0.05, 0.1) is 5.75 Å². The standard InChI is InChI=1S/C19H17FN4OS/c1-13(2)11-24-18(15-7-9-21-10-8-15)22-23-19(24)26-12-17(25)14-3-5-16(20)6-4-14/h3-10H,1,11-12H2,2H3. The first-order valence-electron chi connectivity index (χ1n) is 7.94. The molecule has 0 aliphatic carbocycles. The largest absolute Gasteiger partial charge is 0.298 e. The number of carbonyl (C=O) groups excluding carboxylic acids is 1. The minimum Gasteiger partial charge on any atom is -0.298 e. The number of Topliss-reactive ketones (excluding diaryl/α,β-unsaturated/α-hetero) is 1. The van der Waals surface area contributed by atoms with Gasteiger partial charge in [0.25, 0.3) is 0 Å². The van der Waals surface area contributed by atoms with E-state index in [0.717, 1.165) is 11.1 Å². The number of nitrogens with zero attached hydrogens (tertiary/aromatic N) is 4. The maximum absolute atomic E-state index is 13.0. The van der Waals surface area contributed by atoms with Crippen LogP contribution in [0.15, 0.2) is 66.1 Å². The van der Waals surface area contributed by atoms with E-state index in [-0.39, 0.29) is 17.4 Å². The molecule has 0 fully saturated rings. The normalized spacial score (nSPS) is 10.7. The van der Waals surface area contributed by atoms with Crippen LogP contribution < -0.4 is 0 Å². The average Bonchev–Trinajstić information content (AvgIpc) is 3.03. The molecule has 0 saturated heterocycles. The summed E-state index contributed by atoms with van der Waals surface area (Å²) < 4.78 is 14.9. The van der Waals surface area contributed by atoms with Crippen LogP contribution in [0, 0.1) is 5.82 Å². The van der Waals surface area contributed by atoms with Crippen molar-refractivity contribution in [2.75, 3.05) is 5.75 Å². The Bertz CT molecular complexity index is 922. The number of halogens is 1. The number of hydrogen-bond acceptors (Lipinski definition) is 5. The van der Waals surface area contributed by atoms with Gasteiger partial charge in [0.1, 0.15) is 5.82 Å². The summed E-state index contributed by atoms with van der Waals surface area (Å²) in [7, 11) is 0. The molecular formula is C19H17FN4OS. The molecule has 0 saturated carbocycles. The van der Waals surface area contributed by atoms with Gasteiger partial charge in [-0.2, -0.15) is 0 Å². The molecule has 2 aromatic heterocycles. The third kappa shape index (κ3) is 4.23. The van der Waals surface area contributed by atoms with Gasteiger partial charge in [0.15, 0.2) is 16.8 Å². The fourth-order valence-electron chi connectivity index (χ4n) is 2.37. The number of pyridine rings is 1. The molecule has 3 rings (SSSR count). The van der Waals surface area contributed by atoms with Crippen molar-refractivity contribution in [3.8, 4) is 11.4 Å². The zero-order valence-corrected chi connectivity index (χ0v) is 15.0. The van der Waals surface area contributed by atoms with E-state index in [1.54, 1.807) is 12.4 Å². The van der Waals surface area contributed by atoms with Crippen molar-refractivity contribution >= 4 is 17.5 Å². The second-order valence-electron chi connectivity index (χ2n) is 5.80. The summed E-state index contributed by atoms with van der Waals surface area (Å²) in [6, 6.07) is 9.25. The molecule has 0 bridgehead atoms. The molecule has 0 unspecified atom stereocenters. The predicted molar refractivity (Wildman–Crippen MR) is 99.5 cm³/mol. The van der Waals surface area contributed by atoms with E-state index < -0.39 is 0 Å². The van der Waals surface area contributed by atoms with Gasteiger partial charge < -0.3 is 0 Å². The quantitative estimate of drug-likeness (QED) is 0.358. The van der Waals surface area contributed by atoms with Gasteiger partial charge in [-0.25, -0.2) is 4.39 Å². The molecule has 7 heteroatoms. The molecule has 0 atom stereocenters. The van der Waals surface area contributed by atoms with Gasteiger partial charge in [0, 0.05) is 30.1 Å². The second kappa shape index (κ2) is 8.05. The molecule has 0 amide bonds. The van der Waals surface area contributed by atoms with Crippen LogP contribution >= 0.6 is 11.8 Å². The molecule has 26 heavy (non-hydrogen) atoms. The Hall–Kier alpha value is -2.80. The lowest BCUT2D eigenvalue weighted by atomic mass is 10.1. The summed E-state index contributed by atoms with van der Waals surface area (Å²) >= 11 is 1.30. The SMILES string of the molecule is C=C(C)Cn1c(SCC(=O)c2ccc(F)cc2)nnc1-c1ccncc1. The molecule has 0 N–H and O–H groups in total. The van der Waals surface area contributed by atoms with Gasteiger partial charge in [-0.15, -0.1) is 10.2 Å². The number of allylic oxidation sites excluding steroid dienone is 1. The Morgan fingerprint density at radius 2 is 1.85 bits per heavy atom. The highest BCUT2D eigenvalue weighted by Gasteiger charge is 2.16. The van der Waals surface area contributed by atoms with Crippen molar-refractivity contribution in [1.29, 1.82) is 0 Å². The first kappa shape index (κ1) is 18.0. The van der Waals surface area contributed by atoms with Crippen LogP contribution in [0.4, 0.5) is 4.39 Å². The fraction of sp³-hybridized carbons (Fsp3) is 0.158. The van der Waals surface area contributed by atoms with Gasteiger partial charge in [-0.1, -0.05) is 23.9 Å². The number of rotatable bonds is 7. The van der Waals surface area contributed by atoms with Crippen LogP contribution in [0.5, 0.6) is 0 Å². The molecule has 5 nitrogen and oxygen atoms in total. The smallest absolute Gasteiger partial charge is 0.192 e. The highest BCUT2D eigenvalue weighted by atomic mass is 32.2. The summed E-state index contributed by atoms with van der Waals surface area (Å²) in [5, 5.41) is 9.13. The second-order valence-corrected chi connectivity index (χ2v) is 6.75. The maximum atomic E-state index is 13.0. The fourth-order valence-corrected chi connectivity index (χ4v) is 3.20. The molecule has 132 valence electrons. The Labute approximate surface area is 155 Å². The summed E-state index contributed by atoms with van der Waals surface area (Å²) in [4.78, 5) is 16.3. The zero-order valence-electron chi connectivity index (χ0n) is 14.2. The Morgan fingerprint density at radius 3 is 2.50 bits per heavy atom. The van der Waals surface area contributed by atoms with Crippen LogP contribution in [0.2, 0.25) is 0 Å². The number of thioether (sulfide) groups is 1.